The van der Waals surface area contributed by atoms with Gasteiger partial charge in [0.2, 0.25) is 0 Å². The minimum atomic E-state index is 0.663. The smallest absolute Gasteiger partial charge is 0.162 e. The Kier molecular flexibility index (Phi) is 4.47. The highest BCUT2D eigenvalue weighted by Crippen LogP contribution is 2.35. The summed E-state index contributed by atoms with van der Waals surface area (Å²) in [5, 5.41) is 4.09. The van der Waals surface area contributed by atoms with E-state index in [4.69, 9.17) is 15.2 Å². The molecule has 0 bridgehead atoms. The molecule has 0 aromatic heterocycles. The lowest BCUT2D eigenvalue weighted by molar-refractivity contribution is 0.355. The molecule has 0 saturated carbocycles. The maximum absolute atomic E-state index is 6.00. The van der Waals surface area contributed by atoms with Gasteiger partial charge in [-0.15, -0.1) is 0 Å². The minimum Gasteiger partial charge on any atom is -0.493 e. The molecule has 0 spiro atoms. The van der Waals surface area contributed by atoms with Gasteiger partial charge >= 0.3 is 0 Å². The predicted molar refractivity (Wildman–Crippen MR) is 77.9 cm³/mol. The fourth-order valence-electron chi connectivity index (χ4n) is 2.08. The molecule has 1 aromatic carbocycles. The molecule has 0 amide bonds. The lowest BCUT2D eigenvalue weighted by Crippen LogP contribution is -2.14. The van der Waals surface area contributed by atoms with Crippen molar-refractivity contribution in [2.75, 3.05) is 37.6 Å². The second-order valence-corrected chi connectivity index (χ2v) is 5.72. The van der Waals surface area contributed by atoms with Crippen molar-refractivity contribution in [3.05, 3.63) is 12.1 Å². The highest BCUT2D eigenvalue weighted by molar-refractivity contribution is 8.00. The number of rotatable bonds is 5. The van der Waals surface area contributed by atoms with Crippen LogP contribution in [0.1, 0.15) is 12.8 Å². The van der Waals surface area contributed by atoms with Crippen LogP contribution in [0.25, 0.3) is 0 Å². The highest BCUT2D eigenvalue weighted by atomic mass is 32.2. The zero-order chi connectivity index (χ0) is 13.0. The fraction of sp³-hybridized carbons (Fsp3) is 0.538. The number of nitrogens with one attached hydrogen (secondary N) is 1. The number of nitrogens with two attached hydrogens (primary N) is 1. The largest absolute Gasteiger partial charge is 0.493 e. The van der Waals surface area contributed by atoms with Crippen LogP contribution >= 0.6 is 11.8 Å². The van der Waals surface area contributed by atoms with Crippen molar-refractivity contribution in [2.24, 2.45) is 0 Å². The summed E-state index contributed by atoms with van der Waals surface area (Å²) in [6.07, 6.45) is 2.60. The van der Waals surface area contributed by atoms with E-state index in [1.807, 2.05) is 17.8 Å². The maximum Gasteiger partial charge on any atom is 0.162 e. The number of anilines is 2. The van der Waals surface area contributed by atoms with Crippen molar-refractivity contribution in [3.63, 3.8) is 0 Å². The molecular weight excluding hydrogens is 248 g/mol. The number of nitrogen functional groups attached to an aromatic ring is 1. The highest BCUT2D eigenvalue weighted by Gasteiger charge is 2.16. The lowest BCUT2D eigenvalue weighted by atomic mass is 10.2. The van der Waals surface area contributed by atoms with Crippen LogP contribution in [0, 0.1) is 0 Å². The van der Waals surface area contributed by atoms with Gasteiger partial charge in [-0.2, -0.15) is 11.8 Å². The van der Waals surface area contributed by atoms with Crippen molar-refractivity contribution in [1.82, 2.24) is 0 Å². The van der Waals surface area contributed by atoms with Gasteiger partial charge in [0.25, 0.3) is 0 Å². The molecule has 100 valence electrons. The van der Waals surface area contributed by atoms with Crippen molar-refractivity contribution in [3.8, 4) is 11.5 Å². The zero-order valence-corrected chi connectivity index (χ0v) is 11.7. The summed E-state index contributed by atoms with van der Waals surface area (Å²) in [5.74, 6) is 2.64. The maximum atomic E-state index is 6.00. The molecule has 18 heavy (non-hydrogen) atoms. The van der Waals surface area contributed by atoms with Gasteiger partial charge < -0.3 is 20.5 Å². The third kappa shape index (κ3) is 2.96. The Morgan fingerprint density at radius 3 is 2.67 bits per heavy atom. The molecule has 1 aliphatic rings. The van der Waals surface area contributed by atoms with Crippen LogP contribution in [0.4, 0.5) is 11.4 Å². The zero-order valence-electron chi connectivity index (χ0n) is 10.9. The molecule has 1 saturated heterocycles. The van der Waals surface area contributed by atoms with E-state index in [0.29, 0.717) is 22.4 Å². The summed E-state index contributed by atoms with van der Waals surface area (Å²) >= 11 is 2.03. The van der Waals surface area contributed by atoms with Gasteiger partial charge in [0, 0.05) is 23.9 Å². The van der Waals surface area contributed by atoms with Crippen molar-refractivity contribution in [1.29, 1.82) is 0 Å². The van der Waals surface area contributed by atoms with E-state index in [1.54, 1.807) is 20.3 Å². The normalized spacial score (nSPS) is 18.7. The second-order valence-electron chi connectivity index (χ2n) is 4.31. The Morgan fingerprint density at radius 2 is 2.06 bits per heavy atom. The van der Waals surface area contributed by atoms with E-state index >= 15 is 0 Å². The number of hydrogen-bond donors (Lipinski definition) is 2. The van der Waals surface area contributed by atoms with E-state index in [1.165, 1.54) is 18.6 Å². The number of ether oxygens (including phenoxy) is 2. The van der Waals surface area contributed by atoms with Gasteiger partial charge in [-0.25, -0.2) is 0 Å². The van der Waals surface area contributed by atoms with Crippen LogP contribution in [-0.4, -0.2) is 31.8 Å². The Morgan fingerprint density at radius 1 is 1.33 bits per heavy atom. The van der Waals surface area contributed by atoms with Gasteiger partial charge in [0.1, 0.15) is 0 Å². The van der Waals surface area contributed by atoms with Crippen LogP contribution in [-0.2, 0) is 0 Å². The van der Waals surface area contributed by atoms with Gasteiger partial charge in [0.05, 0.1) is 25.6 Å². The molecule has 5 heteroatoms. The molecule has 1 atom stereocenters. The quantitative estimate of drug-likeness (QED) is 0.804. The molecular formula is C13H20N2O2S. The van der Waals surface area contributed by atoms with Crippen LogP contribution in [0.5, 0.6) is 11.5 Å². The van der Waals surface area contributed by atoms with Crippen LogP contribution < -0.4 is 20.5 Å². The van der Waals surface area contributed by atoms with Crippen molar-refractivity contribution >= 4 is 23.1 Å². The first-order valence-corrected chi connectivity index (χ1v) is 7.16. The number of hydrogen-bond acceptors (Lipinski definition) is 5. The van der Waals surface area contributed by atoms with Gasteiger partial charge in [0.15, 0.2) is 11.5 Å². The number of methoxy groups -OCH3 is 2. The summed E-state index contributed by atoms with van der Waals surface area (Å²) in [7, 11) is 3.24. The minimum absolute atomic E-state index is 0.663. The average molecular weight is 268 g/mol. The SMILES string of the molecule is COc1cc(N)c(NCC2CCCS2)cc1OC. The Labute approximate surface area is 112 Å². The molecule has 1 heterocycles. The number of benzene rings is 1. The summed E-state index contributed by atoms with van der Waals surface area (Å²) in [4.78, 5) is 0. The van der Waals surface area contributed by atoms with E-state index in [2.05, 4.69) is 5.32 Å². The molecule has 2 rings (SSSR count). The summed E-state index contributed by atoms with van der Waals surface area (Å²) in [5.41, 5.74) is 7.61. The van der Waals surface area contributed by atoms with Crippen LogP contribution in [0.2, 0.25) is 0 Å². The monoisotopic (exact) mass is 268 g/mol. The lowest BCUT2D eigenvalue weighted by Gasteiger charge is -2.16. The molecule has 1 fully saturated rings. The first kappa shape index (κ1) is 13.2. The Balaban J connectivity index is 2.06. The molecule has 1 unspecified atom stereocenters. The third-order valence-corrected chi connectivity index (χ3v) is 4.50. The summed E-state index contributed by atoms with van der Waals surface area (Å²) in [6, 6.07) is 3.69. The second kappa shape index (κ2) is 6.09. The molecule has 4 nitrogen and oxygen atoms in total. The Bertz CT molecular complexity index is 406. The van der Waals surface area contributed by atoms with Gasteiger partial charge in [-0.3, -0.25) is 0 Å². The first-order valence-electron chi connectivity index (χ1n) is 6.11. The molecule has 0 aliphatic carbocycles. The van der Waals surface area contributed by atoms with Crippen LogP contribution in [0.15, 0.2) is 12.1 Å². The van der Waals surface area contributed by atoms with Gasteiger partial charge in [-0.05, 0) is 18.6 Å². The van der Waals surface area contributed by atoms with Crippen molar-refractivity contribution in [2.45, 2.75) is 18.1 Å². The van der Waals surface area contributed by atoms with E-state index in [9.17, 15) is 0 Å². The van der Waals surface area contributed by atoms with E-state index in [0.717, 1.165) is 12.2 Å². The standard InChI is InChI=1S/C13H20N2O2S/c1-16-12-6-10(14)11(7-13(12)17-2)15-8-9-4-3-5-18-9/h6-7,9,15H,3-5,8,14H2,1-2H3. The first-order chi connectivity index (χ1) is 8.74. The predicted octanol–water partition coefficient (Wildman–Crippen LogP) is 2.59. The summed E-state index contributed by atoms with van der Waals surface area (Å²) < 4.78 is 10.5. The molecule has 1 aliphatic heterocycles. The van der Waals surface area contributed by atoms with E-state index < -0.39 is 0 Å². The van der Waals surface area contributed by atoms with Crippen molar-refractivity contribution < 1.29 is 9.47 Å². The molecule has 3 N–H and O–H groups in total. The topological polar surface area (TPSA) is 56.5 Å². The Hall–Kier alpha value is -1.23. The van der Waals surface area contributed by atoms with E-state index in [-0.39, 0.29) is 0 Å². The molecule has 0 radical (unpaired) electrons. The third-order valence-electron chi connectivity index (χ3n) is 3.10. The fourth-order valence-corrected chi connectivity index (χ4v) is 3.28. The summed E-state index contributed by atoms with van der Waals surface area (Å²) in [6.45, 7) is 0.949. The average Bonchev–Trinajstić information content (AvgIpc) is 2.90. The molecule has 1 aromatic rings. The number of thioether (sulfide) groups is 1. The van der Waals surface area contributed by atoms with Gasteiger partial charge in [-0.1, -0.05) is 0 Å². The van der Waals surface area contributed by atoms with Crippen LogP contribution in [0.3, 0.4) is 0 Å².